The molecule has 1 N–H and O–H groups in total. The molecular formula is C26H24N4O3. The quantitative estimate of drug-likeness (QED) is 0.374. The molecule has 1 unspecified atom stereocenters. The Morgan fingerprint density at radius 2 is 1.55 bits per heavy atom. The number of aromatic nitrogens is 2. The third-order valence-electron chi connectivity index (χ3n) is 6.25. The number of aliphatic hydroxyl groups excluding tert-OH is 1. The first-order valence-corrected chi connectivity index (χ1v) is 11.1. The first-order valence-electron chi connectivity index (χ1n) is 11.1. The molecule has 166 valence electrons. The highest BCUT2D eigenvalue weighted by atomic mass is 16.3. The highest BCUT2D eigenvalue weighted by molar-refractivity contribution is 6.51. The number of piperidine rings is 1. The lowest BCUT2D eigenvalue weighted by Crippen LogP contribution is -2.30. The van der Waals surface area contributed by atoms with Crippen LogP contribution in [0.5, 0.6) is 0 Å². The number of hydrogen-bond donors (Lipinski definition) is 1. The summed E-state index contributed by atoms with van der Waals surface area (Å²) in [5, 5.41) is 11.0. The fourth-order valence-corrected chi connectivity index (χ4v) is 4.59. The van der Waals surface area contributed by atoms with E-state index in [2.05, 4.69) is 14.9 Å². The zero-order valence-electron chi connectivity index (χ0n) is 18.1. The van der Waals surface area contributed by atoms with Crippen molar-refractivity contribution in [2.24, 2.45) is 0 Å². The molecule has 7 heteroatoms. The lowest BCUT2D eigenvalue weighted by atomic mass is 9.96. The summed E-state index contributed by atoms with van der Waals surface area (Å²) in [5.74, 6) is -1.62. The second kappa shape index (κ2) is 8.86. The zero-order valence-corrected chi connectivity index (χ0v) is 18.1. The predicted molar refractivity (Wildman–Crippen MR) is 126 cm³/mol. The standard InChI is InChI=1S/C26H24N4O3/c31-24(18-10-13-27-14-11-18)22-23(19-5-4-12-28-17-19)30(26(33)25(22)32)21-8-6-20(7-9-21)29-15-2-1-3-16-29/h4-14,17,23,31H,1-3,15-16H2/b24-22+. The lowest BCUT2D eigenvalue weighted by molar-refractivity contribution is -0.132. The Morgan fingerprint density at radius 1 is 0.848 bits per heavy atom. The van der Waals surface area contributed by atoms with E-state index in [9.17, 15) is 14.7 Å². The van der Waals surface area contributed by atoms with Crippen LogP contribution in [0.4, 0.5) is 11.4 Å². The molecule has 1 aromatic carbocycles. The largest absolute Gasteiger partial charge is 0.507 e. The van der Waals surface area contributed by atoms with Crippen LogP contribution >= 0.6 is 0 Å². The number of Topliss-reactive ketones (excluding diaryl/α,β-unsaturated/α-hetero) is 1. The van der Waals surface area contributed by atoms with Gasteiger partial charge >= 0.3 is 0 Å². The van der Waals surface area contributed by atoms with Gasteiger partial charge in [-0.3, -0.25) is 24.5 Å². The van der Waals surface area contributed by atoms with E-state index in [1.807, 2.05) is 24.3 Å². The normalized spacial score (nSPS) is 20.3. The van der Waals surface area contributed by atoms with Crippen LogP contribution in [-0.2, 0) is 9.59 Å². The Kier molecular flexibility index (Phi) is 5.60. The number of amides is 1. The van der Waals surface area contributed by atoms with Gasteiger partial charge in [0.1, 0.15) is 5.76 Å². The Bertz CT molecular complexity index is 1190. The molecule has 0 radical (unpaired) electrons. The fraction of sp³-hybridized carbons (Fsp3) is 0.231. The van der Waals surface area contributed by atoms with Gasteiger partial charge < -0.3 is 10.0 Å². The molecule has 0 saturated carbocycles. The Balaban J connectivity index is 1.59. The molecule has 2 aromatic heterocycles. The molecule has 1 atom stereocenters. The average molecular weight is 441 g/mol. The maximum atomic E-state index is 13.2. The number of hydrogen-bond acceptors (Lipinski definition) is 6. The van der Waals surface area contributed by atoms with Crippen molar-refractivity contribution in [2.45, 2.75) is 25.3 Å². The molecule has 3 aromatic rings. The summed E-state index contributed by atoms with van der Waals surface area (Å²) in [6.07, 6.45) is 9.91. The number of nitrogens with zero attached hydrogens (tertiary/aromatic N) is 4. The van der Waals surface area contributed by atoms with Gasteiger partial charge in [-0.2, -0.15) is 0 Å². The molecule has 0 spiro atoms. The van der Waals surface area contributed by atoms with Crippen molar-refractivity contribution in [1.82, 2.24) is 9.97 Å². The molecule has 2 saturated heterocycles. The van der Waals surface area contributed by atoms with Gasteiger partial charge in [0.15, 0.2) is 0 Å². The smallest absolute Gasteiger partial charge is 0.300 e. The number of aliphatic hydroxyl groups is 1. The van der Waals surface area contributed by atoms with Gasteiger partial charge in [-0.1, -0.05) is 6.07 Å². The van der Waals surface area contributed by atoms with Crippen molar-refractivity contribution in [1.29, 1.82) is 0 Å². The van der Waals surface area contributed by atoms with Crippen molar-refractivity contribution < 1.29 is 14.7 Å². The minimum Gasteiger partial charge on any atom is -0.507 e. The monoisotopic (exact) mass is 440 g/mol. The van der Waals surface area contributed by atoms with E-state index in [0.29, 0.717) is 16.8 Å². The second-order valence-electron chi connectivity index (χ2n) is 8.26. The number of rotatable bonds is 4. The summed E-state index contributed by atoms with van der Waals surface area (Å²) >= 11 is 0. The summed E-state index contributed by atoms with van der Waals surface area (Å²) in [4.78, 5) is 38.3. The van der Waals surface area contributed by atoms with Crippen LogP contribution in [0.3, 0.4) is 0 Å². The van der Waals surface area contributed by atoms with Crippen molar-refractivity contribution in [2.75, 3.05) is 22.9 Å². The molecule has 0 bridgehead atoms. The van der Waals surface area contributed by atoms with Crippen LogP contribution in [-0.4, -0.2) is 39.9 Å². The van der Waals surface area contributed by atoms with Crippen LogP contribution in [0, 0.1) is 0 Å². The molecule has 2 aliphatic rings. The molecule has 2 aliphatic heterocycles. The molecule has 2 fully saturated rings. The first kappa shape index (κ1) is 20.9. The van der Waals surface area contributed by atoms with Gasteiger partial charge in [-0.05, 0) is 67.3 Å². The van der Waals surface area contributed by atoms with E-state index < -0.39 is 17.7 Å². The molecule has 0 aliphatic carbocycles. The predicted octanol–water partition coefficient (Wildman–Crippen LogP) is 4.09. The zero-order chi connectivity index (χ0) is 22.8. The lowest BCUT2D eigenvalue weighted by Gasteiger charge is -2.30. The highest BCUT2D eigenvalue weighted by Gasteiger charge is 2.47. The van der Waals surface area contributed by atoms with Crippen LogP contribution in [0.25, 0.3) is 5.76 Å². The summed E-state index contributed by atoms with van der Waals surface area (Å²) in [5.41, 5.74) is 2.81. The third kappa shape index (κ3) is 3.86. The number of benzene rings is 1. The molecule has 4 heterocycles. The summed E-state index contributed by atoms with van der Waals surface area (Å²) in [6.45, 7) is 2.04. The van der Waals surface area contributed by atoms with E-state index in [4.69, 9.17) is 0 Å². The minimum absolute atomic E-state index is 0.0410. The van der Waals surface area contributed by atoms with Crippen LogP contribution in [0.1, 0.15) is 36.4 Å². The molecular weight excluding hydrogens is 416 g/mol. The maximum absolute atomic E-state index is 13.2. The van der Waals surface area contributed by atoms with Gasteiger partial charge in [0.05, 0.1) is 11.6 Å². The number of ketones is 1. The number of carbonyl (C=O) groups is 2. The molecule has 33 heavy (non-hydrogen) atoms. The van der Waals surface area contributed by atoms with Gasteiger partial charge in [0.2, 0.25) is 0 Å². The molecule has 5 rings (SSSR count). The number of anilines is 2. The van der Waals surface area contributed by atoms with Crippen LogP contribution in [0.15, 0.2) is 78.9 Å². The third-order valence-corrected chi connectivity index (χ3v) is 6.25. The van der Waals surface area contributed by atoms with Crippen molar-refractivity contribution in [3.8, 4) is 0 Å². The van der Waals surface area contributed by atoms with E-state index in [0.717, 1.165) is 18.8 Å². The SMILES string of the molecule is O=C1C(=O)N(c2ccc(N3CCCCC3)cc2)C(c2cccnc2)/C1=C(\O)c1ccncc1. The van der Waals surface area contributed by atoms with Crippen LogP contribution in [0.2, 0.25) is 0 Å². The topological polar surface area (TPSA) is 86.6 Å². The van der Waals surface area contributed by atoms with Gasteiger partial charge in [-0.15, -0.1) is 0 Å². The Labute approximate surface area is 192 Å². The fourth-order valence-electron chi connectivity index (χ4n) is 4.59. The maximum Gasteiger partial charge on any atom is 0.300 e. The van der Waals surface area contributed by atoms with Gasteiger partial charge in [-0.25, -0.2) is 0 Å². The Hall–Kier alpha value is -4.00. The van der Waals surface area contributed by atoms with E-state index >= 15 is 0 Å². The molecule has 7 nitrogen and oxygen atoms in total. The van der Waals surface area contributed by atoms with Crippen molar-refractivity contribution in [3.63, 3.8) is 0 Å². The summed E-state index contributed by atoms with van der Waals surface area (Å²) in [7, 11) is 0. The van der Waals surface area contributed by atoms with E-state index in [-0.39, 0.29) is 11.3 Å². The van der Waals surface area contributed by atoms with Gasteiger partial charge in [0.25, 0.3) is 11.7 Å². The van der Waals surface area contributed by atoms with Gasteiger partial charge in [0, 0.05) is 54.8 Å². The second-order valence-corrected chi connectivity index (χ2v) is 8.26. The minimum atomic E-state index is -0.785. The number of pyridine rings is 2. The Morgan fingerprint density at radius 3 is 2.21 bits per heavy atom. The summed E-state index contributed by atoms with van der Waals surface area (Å²) in [6, 6.07) is 13.7. The number of carbonyl (C=O) groups excluding carboxylic acids is 2. The highest BCUT2D eigenvalue weighted by Crippen LogP contribution is 2.42. The van der Waals surface area contributed by atoms with Crippen molar-refractivity contribution >= 4 is 28.8 Å². The summed E-state index contributed by atoms with van der Waals surface area (Å²) < 4.78 is 0. The van der Waals surface area contributed by atoms with E-state index in [1.54, 1.807) is 36.7 Å². The van der Waals surface area contributed by atoms with Crippen LogP contribution < -0.4 is 9.80 Å². The van der Waals surface area contributed by atoms with E-state index in [1.165, 1.54) is 36.6 Å². The average Bonchev–Trinajstić information content (AvgIpc) is 3.15. The molecule has 1 amide bonds. The first-order chi connectivity index (χ1) is 16.1. The van der Waals surface area contributed by atoms with Crippen molar-refractivity contribution in [3.05, 3.63) is 90.0 Å².